The maximum atomic E-state index is 13.6. The summed E-state index contributed by atoms with van der Waals surface area (Å²) in [6, 6.07) is 5.42. The molecule has 1 saturated heterocycles. The molecule has 1 heterocycles. The van der Waals surface area contributed by atoms with E-state index in [4.69, 9.17) is 4.74 Å². The maximum Gasteiger partial charge on any atom is 0.128 e. The number of hydrogen-bond acceptors (Lipinski definition) is 2. The van der Waals surface area contributed by atoms with Gasteiger partial charge in [0.15, 0.2) is 0 Å². The average Bonchev–Trinajstić information content (AvgIpc) is 2.81. The Morgan fingerprint density at radius 1 is 1.59 bits per heavy atom. The molecule has 1 aliphatic heterocycles. The minimum absolute atomic E-state index is 0.175. The molecule has 2 atom stereocenters. The summed E-state index contributed by atoms with van der Waals surface area (Å²) in [5.41, 5.74) is 0.693. The Morgan fingerprint density at radius 3 is 3.06 bits per heavy atom. The van der Waals surface area contributed by atoms with E-state index in [9.17, 15) is 4.39 Å². The van der Waals surface area contributed by atoms with Crippen molar-refractivity contribution in [2.24, 2.45) is 0 Å². The smallest absolute Gasteiger partial charge is 0.128 e. The minimum Gasteiger partial charge on any atom is -0.377 e. The van der Waals surface area contributed by atoms with Gasteiger partial charge in [0.25, 0.3) is 0 Å². The lowest BCUT2D eigenvalue weighted by Gasteiger charge is -2.20. The van der Waals surface area contributed by atoms with Crippen LogP contribution in [0, 0.1) is 5.82 Å². The molecule has 1 aliphatic rings. The van der Waals surface area contributed by atoms with Crippen LogP contribution in [0.4, 0.5) is 4.39 Å². The van der Waals surface area contributed by atoms with Crippen LogP contribution in [0.15, 0.2) is 22.7 Å². The predicted octanol–water partition coefficient (Wildman–Crippen LogP) is 3.25. The van der Waals surface area contributed by atoms with Gasteiger partial charge in [-0.15, -0.1) is 0 Å². The van der Waals surface area contributed by atoms with Crippen LogP contribution in [0.1, 0.15) is 25.3 Å². The van der Waals surface area contributed by atoms with Gasteiger partial charge in [-0.25, -0.2) is 4.39 Å². The third kappa shape index (κ3) is 3.50. The second-order valence-electron chi connectivity index (χ2n) is 4.46. The van der Waals surface area contributed by atoms with E-state index in [-0.39, 0.29) is 18.0 Å². The van der Waals surface area contributed by atoms with Crippen molar-refractivity contribution in [2.45, 2.75) is 38.5 Å². The first kappa shape index (κ1) is 13.0. The summed E-state index contributed by atoms with van der Waals surface area (Å²) in [5, 5.41) is 3.32. The monoisotopic (exact) mass is 301 g/mol. The van der Waals surface area contributed by atoms with Crippen molar-refractivity contribution >= 4 is 15.9 Å². The number of halogens is 2. The van der Waals surface area contributed by atoms with Gasteiger partial charge >= 0.3 is 0 Å². The quantitative estimate of drug-likeness (QED) is 0.922. The van der Waals surface area contributed by atoms with Gasteiger partial charge in [0, 0.05) is 29.2 Å². The van der Waals surface area contributed by atoms with Crippen molar-refractivity contribution in [3.05, 3.63) is 34.1 Å². The molecule has 0 saturated carbocycles. The summed E-state index contributed by atoms with van der Waals surface area (Å²) in [4.78, 5) is 0. The highest BCUT2D eigenvalue weighted by Gasteiger charge is 2.21. The highest BCUT2D eigenvalue weighted by Crippen LogP contribution is 2.17. The molecule has 0 radical (unpaired) electrons. The van der Waals surface area contributed by atoms with E-state index in [0.717, 1.165) is 23.9 Å². The number of nitrogens with one attached hydrogen (secondary N) is 1. The van der Waals surface area contributed by atoms with Crippen LogP contribution < -0.4 is 5.32 Å². The highest BCUT2D eigenvalue weighted by molar-refractivity contribution is 9.10. The molecule has 0 spiro atoms. The topological polar surface area (TPSA) is 21.3 Å². The lowest BCUT2D eigenvalue weighted by atomic mass is 10.1. The fourth-order valence-corrected chi connectivity index (χ4v) is 2.40. The zero-order valence-electron chi connectivity index (χ0n) is 9.88. The van der Waals surface area contributed by atoms with Gasteiger partial charge in [0.2, 0.25) is 0 Å². The highest BCUT2D eigenvalue weighted by atomic mass is 79.9. The molecule has 1 aromatic carbocycles. The SMILES string of the molecule is CC(NCc1ccc(Br)cc1F)C1CCCO1. The van der Waals surface area contributed by atoms with Crippen LogP contribution in [0.25, 0.3) is 0 Å². The fourth-order valence-electron chi connectivity index (χ4n) is 2.06. The summed E-state index contributed by atoms with van der Waals surface area (Å²) in [7, 11) is 0. The maximum absolute atomic E-state index is 13.6. The molecule has 2 nitrogen and oxygen atoms in total. The van der Waals surface area contributed by atoms with Gasteiger partial charge in [-0.2, -0.15) is 0 Å². The first-order valence-corrected chi connectivity index (χ1v) is 6.75. The molecule has 0 aliphatic carbocycles. The summed E-state index contributed by atoms with van der Waals surface area (Å²) < 4.78 is 19.9. The van der Waals surface area contributed by atoms with Crippen LogP contribution in [0.5, 0.6) is 0 Å². The molecule has 2 rings (SSSR count). The standard InChI is InChI=1S/C13H17BrFNO/c1-9(13-3-2-6-17-13)16-8-10-4-5-11(14)7-12(10)15/h4-5,7,9,13,16H,2-3,6,8H2,1H3. The molecule has 1 N–H and O–H groups in total. The third-order valence-corrected chi connectivity index (χ3v) is 3.65. The molecule has 94 valence electrons. The van der Waals surface area contributed by atoms with E-state index in [1.165, 1.54) is 6.07 Å². The molecule has 2 unspecified atom stereocenters. The van der Waals surface area contributed by atoms with E-state index < -0.39 is 0 Å². The van der Waals surface area contributed by atoms with Crippen LogP contribution in [0.2, 0.25) is 0 Å². The van der Waals surface area contributed by atoms with Crippen molar-refractivity contribution < 1.29 is 9.13 Å². The van der Waals surface area contributed by atoms with Gasteiger partial charge in [-0.05, 0) is 31.9 Å². The van der Waals surface area contributed by atoms with Crippen LogP contribution in [0.3, 0.4) is 0 Å². The second-order valence-corrected chi connectivity index (χ2v) is 5.37. The van der Waals surface area contributed by atoms with Crippen molar-refractivity contribution in [1.29, 1.82) is 0 Å². The molecular weight excluding hydrogens is 285 g/mol. The van der Waals surface area contributed by atoms with Gasteiger partial charge in [-0.3, -0.25) is 0 Å². The largest absolute Gasteiger partial charge is 0.377 e. The van der Waals surface area contributed by atoms with Gasteiger partial charge in [0.05, 0.1) is 6.10 Å². The average molecular weight is 302 g/mol. The lowest BCUT2D eigenvalue weighted by molar-refractivity contribution is 0.0831. The van der Waals surface area contributed by atoms with E-state index in [0.29, 0.717) is 12.1 Å². The zero-order valence-corrected chi connectivity index (χ0v) is 11.5. The summed E-state index contributed by atoms with van der Waals surface area (Å²) >= 11 is 3.25. The molecule has 1 aromatic rings. The number of ether oxygens (including phenoxy) is 1. The second kappa shape index (κ2) is 5.94. The molecule has 0 bridgehead atoms. The van der Waals surface area contributed by atoms with E-state index >= 15 is 0 Å². The summed E-state index contributed by atoms with van der Waals surface area (Å²) in [6.45, 7) is 3.48. The predicted molar refractivity (Wildman–Crippen MR) is 69.4 cm³/mol. The zero-order chi connectivity index (χ0) is 12.3. The van der Waals surface area contributed by atoms with Crippen molar-refractivity contribution in [3.63, 3.8) is 0 Å². The third-order valence-electron chi connectivity index (χ3n) is 3.15. The Bertz CT molecular complexity index is 380. The van der Waals surface area contributed by atoms with Crippen molar-refractivity contribution in [2.75, 3.05) is 6.61 Å². The summed E-state index contributed by atoms with van der Waals surface area (Å²) in [5.74, 6) is -0.175. The Morgan fingerprint density at radius 2 is 2.41 bits per heavy atom. The Hall–Kier alpha value is -0.450. The normalized spacial score (nSPS) is 21.7. The molecule has 0 amide bonds. The lowest BCUT2D eigenvalue weighted by Crippen LogP contribution is -2.36. The number of hydrogen-bond donors (Lipinski definition) is 1. The van der Waals surface area contributed by atoms with Crippen molar-refractivity contribution in [3.8, 4) is 0 Å². The minimum atomic E-state index is -0.175. The van der Waals surface area contributed by atoms with Crippen LogP contribution >= 0.6 is 15.9 Å². The Kier molecular flexibility index (Phi) is 4.54. The Balaban J connectivity index is 1.88. The summed E-state index contributed by atoms with van der Waals surface area (Å²) in [6.07, 6.45) is 2.49. The first-order chi connectivity index (χ1) is 8.16. The molecule has 1 fully saturated rings. The van der Waals surface area contributed by atoms with E-state index in [2.05, 4.69) is 28.2 Å². The van der Waals surface area contributed by atoms with Crippen LogP contribution in [-0.2, 0) is 11.3 Å². The fraction of sp³-hybridized carbons (Fsp3) is 0.538. The van der Waals surface area contributed by atoms with Crippen LogP contribution in [-0.4, -0.2) is 18.8 Å². The van der Waals surface area contributed by atoms with Gasteiger partial charge in [0.1, 0.15) is 5.82 Å². The van der Waals surface area contributed by atoms with Crippen molar-refractivity contribution in [1.82, 2.24) is 5.32 Å². The molecule has 17 heavy (non-hydrogen) atoms. The number of benzene rings is 1. The van der Waals surface area contributed by atoms with E-state index in [1.807, 2.05) is 6.07 Å². The van der Waals surface area contributed by atoms with E-state index in [1.54, 1.807) is 6.07 Å². The number of rotatable bonds is 4. The van der Waals surface area contributed by atoms with Gasteiger partial charge in [-0.1, -0.05) is 22.0 Å². The first-order valence-electron chi connectivity index (χ1n) is 5.96. The molecular formula is C13H17BrFNO. The molecule has 0 aromatic heterocycles. The molecule has 4 heteroatoms. The Labute approximate surface area is 110 Å². The van der Waals surface area contributed by atoms with Gasteiger partial charge < -0.3 is 10.1 Å².